The van der Waals surface area contributed by atoms with Crippen LogP contribution in [0.3, 0.4) is 0 Å². The number of aromatic nitrogens is 2. The summed E-state index contributed by atoms with van der Waals surface area (Å²) in [5.41, 5.74) is 5.86. The van der Waals surface area contributed by atoms with Gasteiger partial charge in [0.25, 0.3) is 0 Å². The van der Waals surface area contributed by atoms with Gasteiger partial charge in [0.1, 0.15) is 0 Å². The Labute approximate surface area is 227 Å². The summed E-state index contributed by atoms with van der Waals surface area (Å²) in [6.07, 6.45) is 9.21. The van der Waals surface area contributed by atoms with Gasteiger partial charge in [0, 0.05) is 61.8 Å². The van der Waals surface area contributed by atoms with Crippen LogP contribution in [0.4, 0.5) is 11.6 Å². The Morgan fingerprint density at radius 3 is 2.76 bits per heavy atom. The molecule has 0 spiro atoms. The predicted octanol–water partition coefficient (Wildman–Crippen LogP) is 4.48. The van der Waals surface area contributed by atoms with Gasteiger partial charge in [-0.15, -0.1) is 0 Å². The number of nitriles is 1. The maximum Gasteiger partial charge on any atom is 0.227 e. The van der Waals surface area contributed by atoms with E-state index in [4.69, 9.17) is 4.98 Å². The van der Waals surface area contributed by atoms with Gasteiger partial charge in [-0.3, -0.25) is 0 Å². The monoisotopic (exact) mass is 514 g/mol. The van der Waals surface area contributed by atoms with Gasteiger partial charge in [0.2, 0.25) is 5.95 Å². The van der Waals surface area contributed by atoms with Crippen LogP contribution in [0.5, 0.6) is 0 Å². The van der Waals surface area contributed by atoms with E-state index in [9.17, 15) is 5.26 Å². The number of hydrogen-bond donors (Lipinski definition) is 3. The third kappa shape index (κ3) is 7.41. The molecule has 202 valence electrons. The van der Waals surface area contributed by atoms with Crippen molar-refractivity contribution in [1.29, 1.82) is 5.26 Å². The van der Waals surface area contributed by atoms with Gasteiger partial charge in [-0.2, -0.15) is 5.26 Å². The number of allylic oxidation sites excluding steroid dienone is 3. The molecule has 2 aromatic rings. The van der Waals surface area contributed by atoms with Crippen molar-refractivity contribution in [3.63, 3.8) is 0 Å². The molecule has 2 aliphatic rings. The fourth-order valence-corrected chi connectivity index (χ4v) is 5.51. The molecule has 0 radical (unpaired) electrons. The van der Waals surface area contributed by atoms with Crippen LogP contribution >= 0.6 is 0 Å². The van der Waals surface area contributed by atoms with Gasteiger partial charge < -0.3 is 25.8 Å². The number of likely N-dealkylation sites (N-methyl/N-ethyl adjacent to an activating group) is 2. The van der Waals surface area contributed by atoms with Gasteiger partial charge in [-0.1, -0.05) is 26.0 Å². The highest BCUT2D eigenvalue weighted by molar-refractivity contribution is 5.66. The van der Waals surface area contributed by atoms with E-state index in [1.165, 1.54) is 18.4 Å². The second kappa shape index (κ2) is 13.0. The topological polar surface area (TPSA) is 92.1 Å². The van der Waals surface area contributed by atoms with Crippen LogP contribution in [0.2, 0.25) is 0 Å². The molecular formula is C30H42N8. The molecule has 0 amide bonds. The fraction of sp³-hybridized carbons (Fsp3) is 0.500. The predicted molar refractivity (Wildman–Crippen MR) is 156 cm³/mol. The van der Waals surface area contributed by atoms with Crippen LogP contribution in [0.25, 0.3) is 11.3 Å². The number of nitrogens with one attached hydrogen (secondary N) is 3. The van der Waals surface area contributed by atoms with Gasteiger partial charge in [0.05, 0.1) is 17.3 Å². The molecule has 1 aromatic heterocycles. The third-order valence-electron chi connectivity index (χ3n) is 7.30. The van der Waals surface area contributed by atoms with Crippen LogP contribution < -0.4 is 16.0 Å². The minimum absolute atomic E-state index is 0.0966. The van der Waals surface area contributed by atoms with E-state index in [2.05, 4.69) is 82.0 Å². The van der Waals surface area contributed by atoms with E-state index in [0.717, 1.165) is 74.9 Å². The third-order valence-corrected chi connectivity index (χ3v) is 7.30. The first-order chi connectivity index (χ1) is 18.4. The summed E-state index contributed by atoms with van der Waals surface area (Å²) in [5, 5.41) is 19.9. The molecule has 1 aliphatic carbocycles. The molecule has 1 fully saturated rings. The molecule has 1 unspecified atom stereocenters. The van der Waals surface area contributed by atoms with Crippen LogP contribution in [-0.4, -0.2) is 73.1 Å². The highest BCUT2D eigenvalue weighted by atomic mass is 15.1. The maximum absolute atomic E-state index is 9.70. The van der Waals surface area contributed by atoms with Crippen LogP contribution in [0.15, 0.2) is 53.9 Å². The molecule has 8 heteroatoms. The van der Waals surface area contributed by atoms with Crippen LogP contribution in [0.1, 0.15) is 38.7 Å². The minimum atomic E-state index is -0.0966. The molecule has 1 aliphatic heterocycles. The lowest BCUT2D eigenvalue weighted by atomic mass is 9.79. The first-order valence-corrected chi connectivity index (χ1v) is 13.8. The van der Waals surface area contributed by atoms with Crippen molar-refractivity contribution in [3.05, 3.63) is 59.4 Å². The number of hydrogen-bond acceptors (Lipinski definition) is 8. The van der Waals surface area contributed by atoms with Gasteiger partial charge in [-0.05, 0) is 75.8 Å². The van der Waals surface area contributed by atoms with E-state index in [0.29, 0.717) is 11.5 Å². The molecule has 0 bridgehead atoms. The average molecular weight is 515 g/mol. The first kappa shape index (κ1) is 27.8. The maximum atomic E-state index is 9.70. The molecule has 1 aromatic carbocycles. The van der Waals surface area contributed by atoms with Crippen molar-refractivity contribution in [2.75, 3.05) is 64.0 Å². The van der Waals surface area contributed by atoms with Gasteiger partial charge in [-0.25, -0.2) is 9.97 Å². The SMILES string of the molecule is CCNCCN(C)Cc1cc(-c2ccnc(NC3=CC(C#N)=CC(C)(CN4CCCC4)C3)n2)ccc1NC. The summed E-state index contributed by atoms with van der Waals surface area (Å²) >= 11 is 0. The second-order valence-corrected chi connectivity index (χ2v) is 10.8. The van der Waals surface area contributed by atoms with Crippen LogP contribution in [-0.2, 0) is 6.54 Å². The lowest BCUT2D eigenvalue weighted by Gasteiger charge is -2.34. The number of benzene rings is 1. The zero-order chi connectivity index (χ0) is 27.0. The second-order valence-electron chi connectivity index (χ2n) is 10.8. The van der Waals surface area contributed by atoms with Crippen LogP contribution in [0, 0.1) is 16.7 Å². The minimum Gasteiger partial charge on any atom is -0.388 e. The Hall–Kier alpha value is -3.25. The summed E-state index contributed by atoms with van der Waals surface area (Å²) in [7, 11) is 4.11. The Kier molecular flexibility index (Phi) is 9.51. The van der Waals surface area contributed by atoms with Crippen molar-refractivity contribution >= 4 is 11.6 Å². The molecule has 1 saturated heterocycles. The highest BCUT2D eigenvalue weighted by Crippen LogP contribution is 2.36. The lowest BCUT2D eigenvalue weighted by molar-refractivity contribution is 0.232. The molecular weight excluding hydrogens is 472 g/mol. The summed E-state index contributed by atoms with van der Waals surface area (Å²) in [6.45, 7) is 11.4. The van der Waals surface area contributed by atoms with E-state index in [1.807, 2.05) is 19.2 Å². The number of anilines is 2. The fourth-order valence-electron chi connectivity index (χ4n) is 5.51. The van der Waals surface area contributed by atoms with E-state index >= 15 is 0 Å². The number of nitrogens with zero attached hydrogens (tertiary/aromatic N) is 5. The molecule has 38 heavy (non-hydrogen) atoms. The highest BCUT2D eigenvalue weighted by Gasteiger charge is 2.31. The van der Waals surface area contributed by atoms with Crippen molar-refractivity contribution < 1.29 is 0 Å². The molecule has 8 nitrogen and oxygen atoms in total. The molecule has 2 heterocycles. The first-order valence-electron chi connectivity index (χ1n) is 13.8. The zero-order valence-electron chi connectivity index (χ0n) is 23.3. The Balaban J connectivity index is 1.50. The Morgan fingerprint density at radius 1 is 1.21 bits per heavy atom. The van der Waals surface area contributed by atoms with Gasteiger partial charge >= 0.3 is 0 Å². The molecule has 1 atom stereocenters. The largest absolute Gasteiger partial charge is 0.388 e. The lowest BCUT2D eigenvalue weighted by Crippen LogP contribution is -2.35. The number of likely N-dealkylation sites (tertiary alicyclic amines) is 1. The van der Waals surface area contributed by atoms with Crippen molar-refractivity contribution in [2.45, 2.75) is 39.7 Å². The van der Waals surface area contributed by atoms with Crippen molar-refractivity contribution in [3.8, 4) is 17.3 Å². The Bertz CT molecular complexity index is 1190. The van der Waals surface area contributed by atoms with E-state index in [1.54, 1.807) is 6.20 Å². The van der Waals surface area contributed by atoms with E-state index in [-0.39, 0.29) is 5.41 Å². The molecule has 3 N–H and O–H groups in total. The average Bonchev–Trinajstić information content (AvgIpc) is 3.41. The summed E-state index contributed by atoms with van der Waals surface area (Å²) in [5.74, 6) is 0.554. The Morgan fingerprint density at radius 2 is 2.03 bits per heavy atom. The van der Waals surface area contributed by atoms with Crippen molar-refractivity contribution in [1.82, 2.24) is 25.1 Å². The summed E-state index contributed by atoms with van der Waals surface area (Å²) in [4.78, 5) is 14.2. The number of rotatable bonds is 12. The summed E-state index contributed by atoms with van der Waals surface area (Å²) < 4.78 is 0. The summed E-state index contributed by atoms with van der Waals surface area (Å²) in [6, 6.07) is 10.7. The van der Waals surface area contributed by atoms with Crippen molar-refractivity contribution in [2.24, 2.45) is 5.41 Å². The standard InChI is InChI=1S/C30H42N8/c1-5-33-12-15-37(4)21-25-17-24(8-9-27(25)32-3)28-10-11-34-29(36-28)35-26-16-23(20-31)18-30(2,19-26)22-38-13-6-7-14-38/h8-11,16-18,32-33H,5-7,12-15,19,21-22H2,1-4H3,(H,34,35,36). The quantitative estimate of drug-likeness (QED) is 0.357. The van der Waals surface area contributed by atoms with E-state index < -0.39 is 0 Å². The molecule has 0 saturated carbocycles. The van der Waals surface area contributed by atoms with Gasteiger partial charge in [0.15, 0.2) is 0 Å². The smallest absolute Gasteiger partial charge is 0.227 e. The molecule has 4 rings (SSSR count). The normalized spacial score (nSPS) is 19.7. The zero-order valence-corrected chi connectivity index (χ0v) is 23.3.